The van der Waals surface area contributed by atoms with Crippen LogP contribution in [0.2, 0.25) is 0 Å². The molecular formula is C13H18N4. The van der Waals surface area contributed by atoms with Crippen LogP contribution in [0.1, 0.15) is 31.4 Å². The Morgan fingerprint density at radius 3 is 2.65 bits per heavy atom. The highest BCUT2D eigenvalue weighted by Gasteiger charge is 2.06. The third-order valence-electron chi connectivity index (χ3n) is 2.53. The molecule has 0 unspecified atom stereocenters. The summed E-state index contributed by atoms with van der Waals surface area (Å²) in [6.45, 7) is 5.04. The molecule has 0 aliphatic heterocycles. The second-order valence-corrected chi connectivity index (χ2v) is 4.34. The van der Waals surface area contributed by atoms with Crippen LogP contribution >= 0.6 is 0 Å². The van der Waals surface area contributed by atoms with Gasteiger partial charge in [0.05, 0.1) is 0 Å². The summed E-state index contributed by atoms with van der Waals surface area (Å²) in [4.78, 5) is 4.43. The zero-order valence-corrected chi connectivity index (χ0v) is 10.3. The number of hydrogen-bond acceptors (Lipinski definition) is 3. The highest BCUT2D eigenvalue weighted by molar-refractivity contribution is 5.42. The normalized spacial score (nSPS) is 10.8. The number of rotatable bonds is 5. The molecule has 1 aromatic heterocycles. The molecule has 0 aliphatic carbocycles. The van der Waals surface area contributed by atoms with Crippen LogP contribution in [-0.2, 0) is 6.42 Å². The Kier molecular flexibility index (Phi) is 3.75. The molecule has 4 nitrogen and oxygen atoms in total. The topological polar surface area (TPSA) is 53.6 Å². The Bertz CT molecular complexity index is 447. The van der Waals surface area contributed by atoms with Gasteiger partial charge in [0, 0.05) is 24.6 Å². The van der Waals surface area contributed by atoms with Gasteiger partial charge in [-0.1, -0.05) is 32.0 Å². The van der Waals surface area contributed by atoms with Gasteiger partial charge in [0.2, 0.25) is 0 Å². The summed E-state index contributed by atoms with van der Waals surface area (Å²) >= 11 is 0. The minimum atomic E-state index is 0.377. The number of aromatic nitrogens is 3. The number of H-pyrrole nitrogens is 1. The van der Waals surface area contributed by atoms with E-state index in [1.54, 1.807) is 0 Å². The molecule has 0 radical (unpaired) electrons. The largest absolute Gasteiger partial charge is 0.385 e. The van der Waals surface area contributed by atoms with E-state index in [-0.39, 0.29) is 0 Å². The summed E-state index contributed by atoms with van der Waals surface area (Å²) < 4.78 is 0. The lowest BCUT2D eigenvalue weighted by molar-refractivity contribution is 0.780. The molecular weight excluding hydrogens is 212 g/mol. The van der Waals surface area contributed by atoms with Crippen LogP contribution in [0.15, 0.2) is 30.3 Å². The summed E-state index contributed by atoms with van der Waals surface area (Å²) in [5, 5.41) is 10.5. The molecule has 1 heterocycles. The van der Waals surface area contributed by atoms with E-state index in [0.29, 0.717) is 5.92 Å². The van der Waals surface area contributed by atoms with Crippen molar-refractivity contribution in [1.29, 1.82) is 0 Å². The van der Waals surface area contributed by atoms with Gasteiger partial charge in [0.25, 0.3) is 0 Å². The smallest absolute Gasteiger partial charge is 0.153 e. The van der Waals surface area contributed by atoms with Crippen molar-refractivity contribution in [2.45, 2.75) is 26.2 Å². The summed E-state index contributed by atoms with van der Waals surface area (Å²) in [6, 6.07) is 10.2. The average Bonchev–Trinajstić information content (AvgIpc) is 2.79. The SMILES string of the molecule is CC(C)c1n[nH]c(CCNc2ccccc2)n1. The fraction of sp³-hybridized carbons (Fsp3) is 0.385. The number of para-hydroxylation sites is 1. The van der Waals surface area contributed by atoms with Gasteiger partial charge in [-0.05, 0) is 12.1 Å². The molecule has 0 spiro atoms. The van der Waals surface area contributed by atoms with Crippen LogP contribution in [0.3, 0.4) is 0 Å². The highest BCUT2D eigenvalue weighted by atomic mass is 15.2. The van der Waals surface area contributed by atoms with E-state index in [0.717, 1.165) is 30.3 Å². The van der Waals surface area contributed by atoms with Gasteiger partial charge in [0.1, 0.15) is 5.82 Å². The van der Waals surface area contributed by atoms with Crippen molar-refractivity contribution in [3.8, 4) is 0 Å². The number of nitrogens with one attached hydrogen (secondary N) is 2. The monoisotopic (exact) mass is 230 g/mol. The van der Waals surface area contributed by atoms with Crippen LogP contribution in [0.25, 0.3) is 0 Å². The van der Waals surface area contributed by atoms with Crippen LogP contribution in [0, 0.1) is 0 Å². The fourth-order valence-corrected chi connectivity index (χ4v) is 1.56. The highest BCUT2D eigenvalue weighted by Crippen LogP contribution is 2.08. The number of benzene rings is 1. The Hall–Kier alpha value is -1.84. The molecule has 2 rings (SSSR count). The first kappa shape index (κ1) is 11.6. The van der Waals surface area contributed by atoms with Crippen molar-refractivity contribution < 1.29 is 0 Å². The maximum Gasteiger partial charge on any atom is 0.153 e. The minimum Gasteiger partial charge on any atom is -0.385 e. The predicted octanol–water partition coefficient (Wildman–Crippen LogP) is 2.58. The minimum absolute atomic E-state index is 0.377. The molecule has 0 aliphatic rings. The maximum absolute atomic E-state index is 4.43. The van der Waals surface area contributed by atoms with Crippen molar-refractivity contribution in [2.75, 3.05) is 11.9 Å². The standard InChI is InChI=1S/C13H18N4/c1-10(2)13-15-12(16-17-13)8-9-14-11-6-4-3-5-7-11/h3-7,10,14H,8-9H2,1-2H3,(H,15,16,17). The van der Waals surface area contributed by atoms with E-state index in [2.05, 4.69) is 46.5 Å². The molecule has 17 heavy (non-hydrogen) atoms. The number of nitrogens with zero attached hydrogens (tertiary/aromatic N) is 2. The van der Waals surface area contributed by atoms with Gasteiger partial charge in [-0.3, -0.25) is 5.10 Å². The second-order valence-electron chi connectivity index (χ2n) is 4.34. The molecule has 0 atom stereocenters. The van der Waals surface area contributed by atoms with E-state index in [4.69, 9.17) is 0 Å². The molecule has 0 amide bonds. The number of hydrogen-bond donors (Lipinski definition) is 2. The Morgan fingerprint density at radius 2 is 2.00 bits per heavy atom. The summed E-state index contributed by atoms with van der Waals surface area (Å²) in [6.07, 6.45) is 0.856. The lowest BCUT2D eigenvalue weighted by Crippen LogP contribution is -2.05. The third kappa shape index (κ3) is 3.31. The Labute approximate surface area is 101 Å². The first-order valence-electron chi connectivity index (χ1n) is 5.96. The predicted molar refractivity (Wildman–Crippen MR) is 69.1 cm³/mol. The maximum atomic E-state index is 4.43. The first-order valence-corrected chi connectivity index (χ1v) is 5.96. The summed E-state index contributed by atoms with van der Waals surface area (Å²) in [5.41, 5.74) is 1.14. The summed E-state index contributed by atoms with van der Waals surface area (Å²) in [7, 11) is 0. The lowest BCUT2D eigenvalue weighted by atomic mass is 10.2. The van der Waals surface area contributed by atoms with Crippen molar-refractivity contribution in [3.63, 3.8) is 0 Å². The van der Waals surface area contributed by atoms with E-state index in [9.17, 15) is 0 Å². The van der Waals surface area contributed by atoms with Gasteiger partial charge in [-0.2, -0.15) is 5.10 Å². The zero-order valence-electron chi connectivity index (χ0n) is 10.3. The van der Waals surface area contributed by atoms with Gasteiger partial charge < -0.3 is 5.32 Å². The fourth-order valence-electron chi connectivity index (χ4n) is 1.56. The summed E-state index contributed by atoms with van der Waals surface area (Å²) in [5.74, 6) is 2.21. The lowest BCUT2D eigenvalue weighted by Gasteiger charge is -2.03. The van der Waals surface area contributed by atoms with Gasteiger partial charge in [0.15, 0.2) is 5.82 Å². The van der Waals surface area contributed by atoms with E-state index < -0.39 is 0 Å². The molecule has 0 fully saturated rings. The Morgan fingerprint density at radius 1 is 1.24 bits per heavy atom. The van der Waals surface area contributed by atoms with E-state index >= 15 is 0 Å². The zero-order chi connectivity index (χ0) is 12.1. The number of anilines is 1. The number of aromatic amines is 1. The van der Waals surface area contributed by atoms with Crippen molar-refractivity contribution in [2.24, 2.45) is 0 Å². The van der Waals surface area contributed by atoms with Crippen molar-refractivity contribution in [3.05, 3.63) is 42.0 Å². The van der Waals surface area contributed by atoms with Crippen molar-refractivity contribution in [1.82, 2.24) is 15.2 Å². The first-order chi connectivity index (χ1) is 8.25. The molecule has 0 saturated heterocycles. The molecule has 0 bridgehead atoms. The second kappa shape index (κ2) is 5.48. The van der Waals surface area contributed by atoms with Crippen molar-refractivity contribution >= 4 is 5.69 Å². The van der Waals surface area contributed by atoms with Gasteiger partial charge >= 0.3 is 0 Å². The molecule has 1 aromatic carbocycles. The van der Waals surface area contributed by atoms with E-state index in [1.807, 2.05) is 18.2 Å². The van der Waals surface area contributed by atoms with E-state index in [1.165, 1.54) is 0 Å². The molecule has 4 heteroatoms. The van der Waals surface area contributed by atoms with Crippen LogP contribution in [-0.4, -0.2) is 21.7 Å². The van der Waals surface area contributed by atoms with Crippen LogP contribution in [0.4, 0.5) is 5.69 Å². The van der Waals surface area contributed by atoms with Crippen LogP contribution in [0.5, 0.6) is 0 Å². The molecule has 90 valence electrons. The molecule has 0 saturated carbocycles. The quantitative estimate of drug-likeness (QED) is 0.830. The molecule has 2 N–H and O–H groups in total. The average molecular weight is 230 g/mol. The molecule has 2 aromatic rings. The Balaban J connectivity index is 1.82. The van der Waals surface area contributed by atoms with Gasteiger partial charge in [-0.25, -0.2) is 4.98 Å². The van der Waals surface area contributed by atoms with Gasteiger partial charge in [-0.15, -0.1) is 0 Å². The van der Waals surface area contributed by atoms with Crippen LogP contribution < -0.4 is 5.32 Å². The third-order valence-corrected chi connectivity index (χ3v) is 2.53.